The van der Waals surface area contributed by atoms with Gasteiger partial charge in [0.1, 0.15) is 18.5 Å². The van der Waals surface area contributed by atoms with Gasteiger partial charge in [0, 0.05) is 35.4 Å². The summed E-state index contributed by atoms with van der Waals surface area (Å²) in [6.07, 6.45) is -0.172. The van der Waals surface area contributed by atoms with Crippen molar-refractivity contribution in [3.05, 3.63) is 131 Å². The molecule has 3 N–H and O–H groups in total. The number of para-hydroxylation sites is 1. The Morgan fingerprint density at radius 2 is 1.49 bits per heavy atom. The highest BCUT2D eigenvalue weighted by molar-refractivity contribution is 6.30. The molecule has 1 amide bonds. The van der Waals surface area contributed by atoms with E-state index >= 15 is 0 Å². The van der Waals surface area contributed by atoms with E-state index in [4.69, 9.17) is 16.3 Å². The Labute approximate surface area is 234 Å². The summed E-state index contributed by atoms with van der Waals surface area (Å²) in [7, 11) is 0. The van der Waals surface area contributed by atoms with E-state index in [-0.39, 0.29) is 25.2 Å². The van der Waals surface area contributed by atoms with E-state index in [1.165, 1.54) is 0 Å². The molecule has 0 saturated carbocycles. The van der Waals surface area contributed by atoms with E-state index in [2.05, 4.69) is 10.2 Å². The Kier molecular flexibility index (Phi) is 10.5. The molecule has 6 nitrogen and oxygen atoms in total. The lowest BCUT2D eigenvalue weighted by atomic mass is 10.0. The minimum Gasteiger partial charge on any atom is -0.491 e. The summed E-state index contributed by atoms with van der Waals surface area (Å²) in [4.78, 5) is 14.6. The number of anilines is 1. The SMILES string of the molecule is O=C(Nc1ccc(CC(CO)N(Cc2ccccc2)CC(O)COc2ccccc2)cc1)c1ccc(Cl)cc1. The lowest BCUT2D eigenvalue weighted by molar-refractivity contribution is 0.0335. The number of nitrogens with one attached hydrogen (secondary N) is 1. The zero-order valence-corrected chi connectivity index (χ0v) is 22.4. The lowest BCUT2D eigenvalue weighted by Gasteiger charge is -2.32. The first kappa shape index (κ1) is 28.3. The predicted molar refractivity (Wildman–Crippen MR) is 155 cm³/mol. The number of carbonyl (C=O) groups excluding carboxylic acids is 1. The maximum Gasteiger partial charge on any atom is 0.255 e. The molecular formula is C32H33ClN2O4. The molecule has 0 spiro atoms. The van der Waals surface area contributed by atoms with Crippen LogP contribution in [0.5, 0.6) is 5.75 Å². The van der Waals surface area contributed by atoms with Crippen molar-refractivity contribution in [1.29, 1.82) is 0 Å². The number of benzene rings is 4. The van der Waals surface area contributed by atoms with Crippen molar-refractivity contribution < 1.29 is 19.7 Å². The second-order valence-electron chi connectivity index (χ2n) is 9.39. The fourth-order valence-electron chi connectivity index (χ4n) is 4.30. The van der Waals surface area contributed by atoms with Crippen LogP contribution in [0.1, 0.15) is 21.5 Å². The summed E-state index contributed by atoms with van der Waals surface area (Å²) < 4.78 is 5.75. The second kappa shape index (κ2) is 14.5. The smallest absolute Gasteiger partial charge is 0.255 e. The van der Waals surface area contributed by atoms with Gasteiger partial charge in [0.05, 0.1) is 6.61 Å². The van der Waals surface area contributed by atoms with Gasteiger partial charge in [-0.2, -0.15) is 0 Å². The van der Waals surface area contributed by atoms with E-state index in [0.29, 0.717) is 41.5 Å². The average Bonchev–Trinajstić information content (AvgIpc) is 2.97. The first-order chi connectivity index (χ1) is 19.0. The highest BCUT2D eigenvalue weighted by Gasteiger charge is 2.22. The molecule has 0 radical (unpaired) electrons. The van der Waals surface area contributed by atoms with Crippen LogP contribution in [-0.4, -0.2) is 52.9 Å². The van der Waals surface area contributed by atoms with Gasteiger partial charge in [-0.25, -0.2) is 0 Å². The van der Waals surface area contributed by atoms with Gasteiger partial charge in [-0.15, -0.1) is 0 Å². The molecule has 0 aliphatic heterocycles. The van der Waals surface area contributed by atoms with Crippen LogP contribution in [0, 0.1) is 0 Å². The number of carbonyl (C=O) groups is 1. The normalized spacial score (nSPS) is 12.6. The molecule has 0 fully saturated rings. The van der Waals surface area contributed by atoms with Crippen molar-refractivity contribution in [2.75, 3.05) is 25.1 Å². The number of hydrogen-bond acceptors (Lipinski definition) is 5. The average molecular weight is 545 g/mol. The largest absolute Gasteiger partial charge is 0.491 e. The van der Waals surface area contributed by atoms with Crippen molar-refractivity contribution in [3.8, 4) is 5.75 Å². The molecule has 7 heteroatoms. The number of aliphatic hydroxyl groups excluding tert-OH is 2. The summed E-state index contributed by atoms with van der Waals surface area (Å²) >= 11 is 5.91. The fourth-order valence-corrected chi connectivity index (χ4v) is 4.43. The van der Waals surface area contributed by atoms with Crippen LogP contribution < -0.4 is 10.1 Å². The van der Waals surface area contributed by atoms with Crippen molar-refractivity contribution >= 4 is 23.2 Å². The maximum atomic E-state index is 12.5. The van der Waals surface area contributed by atoms with Gasteiger partial charge in [0.2, 0.25) is 0 Å². The van der Waals surface area contributed by atoms with Crippen molar-refractivity contribution in [2.45, 2.75) is 25.1 Å². The topological polar surface area (TPSA) is 82.0 Å². The number of nitrogens with zero attached hydrogens (tertiary/aromatic N) is 1. The summed E-state index contributed by atoms with van der Waals surface area (Å²) in [5, 5.41) is 24.6. The lowest BCUT2D eigenvalue weighted by Crippen LogP contribution is -2.44. The maximum absolute atomic E-state index is 12.5. The highest BCUT2D eigenvalue weighted by atomic mass is 35.5. The third-order valence-corrected chi connectivity index (χ3v) is 6.63. The van der Waals surface area contributed by atoms with Gasteiger partial charge in [-0.1, -0.05) is 72.3 Å². The number of amides is 1. The van der Waals surface area contributed by atoms with Crippen LogP contribution in [-0.2, 0) is 13.0 Å². The molecule has 202 valence electrons. The van der Waals surface area contributed by atoms with Crippen molar-refractivity contribution in [3.63, 3.8) is 0 Å². The Morgan fingerprint density at radius 1 is 0.846 bits per heavy atom. The molecule has 0 aliphatic rings. The number of hydrogen-bond donors (Lipinski definition) is 3. The third kappa shape index (κ3) is 8.94. The van der Waals surface area contributed by atoms with Gasteiger partial charge in [0.25, 0.3) is 5.91 Å². The van der Waals surface area contributed by atoms with Gasteiger partial charge in [-0.3, -0.25) is 9.69 Å². The van der Waals surface area contributed by atoms with Crippen LogP contribution in [0.4, 0.5) is 5.69 Å². The van der Waals surface area contributed by atoms with Crippen LogP contribution in [0.3, 0.4) is 0 Å². The number of ether oxygens (including phenoxy) is 1. The Balaban J connectivity index is 1.40. The van der Waals surface area contributed by atoms with E-state index in [1.54, 1.807) is 24.3 Å². The first-order valence-electron chi connectivity index (χ1n) is 12.9. The monoisotopic (exact) mass is 544 g/mol. The van der Waals surface area contributed by atoms with Crippen LogP contribution in [0.2, 0.25) is 5.02 Å². The van der Waals surface area contributed by atoms with Crippen LogP contribution >= 0.6 is 11.6 Å². The van der Waals surface area contributed by atoms with Crippen LogP contribution in [0.15, 0.2) is 109 Å². The summed E-state index contributed by atoms with van der Waals surface area (Å²) in [6, 6.07) is 33.5. The summed E-state index contributed by atoms with van der Waals surface area (Å²) in [6.45, 7) is 0.982. The Bertz CT molecular complexity index is 1290. The summed E-state index contributed by atoms with van der Waals surface area (Å²) in [5.41, 5.74) is 3.29. The first-order valence-corrected chi connectivity index (χ1v) is 13.3. The molecule has 4 aromatic rings. The molecule has 2 unspecified atom stereocenters. The van der Waals surface area contributed by atoms with E-state index in [0.717, 1.165) is 11.1 Å². The molecule has 2 atom stereocenters. The highest BCUT2D eigenvalue weighted by Crippen LogP contribution is 2.18. The quantitative estimate of drug-likeness (QED) is 0.209. The summed E-state index contributed by atoms with van der Waals surface area (Å²) in [5.74, 6) is 0.488. The van der Waals surface area contributed by atoms with Gasteiger partial charge in [-0.05, 0) is 66.1 Å². The number of halogens is 1. The molecule has 4 aromatic carbocycles. The fraction of sp³-hybridized carbons (Fsp3) is 0.219. The molecule has 0 bridgehead atoms. The molecule has 0 saturated heterocycles. The van der Waals surface area contributed by atoms with Crippen molar-refractivity contribution in [2.24, 2.45) is 0 Å². The van der Waals surface area contributed by atoms with E-state index < -0.39 is 6.10 Å². The minimum absolute atomic E-state index is 0.0752. The van der Waals surface area contributed by atoms with Crippen molar-refractivity contribution in [1.82, 2.24) is 4.90 Å². The number of rotatable bonds is 13. The van der Waals surface area contributed by atoms with Crippen LogP contribution in [0.25, 0.3) is 0 Å². The molecular weight excluding hydrogens is 512 g/mol. The standard InChI is InChI=1S/C32H33ClN2O4/c33-27-15-13-26(14-16-27)32(38)34-28-17-11-24(12-18-28)19-29(22-36)35(20-25-7-3-1-4-8-25)21-30(37)23-39-31-9-5-2-6-10-31/h1-18,29-30,36-37H,19-23H2,(H,34,38). The van der Waals surface area contributed by atoms with E-state index in [9.17, 15) is 15.0 Å². The van der Waals surface area contributed by atoms with Gasteiger partial charge < -0.3 is 20.3 Å². The Morgan fingerprint density at radius 3 is 2.13 bits per heavy atom. The third-order valence-electron chi connectivity index (χ3n) is 6.38. The zero-order chi connectivity index (χ0) is 27.5. The Hall–Kier alpha value is -3.68. The second-order valence-corrected chi connectivity index (χ2v) is 9.83. The molecule has 4 rings (SSSR count). The minimum atomic E-state index is -0.742. The van der Waals surface area contributed by atoms with Gasteiger partial charge >= 0.3 is 0 Å². The zero-order valence-electron chi connectivity index (χ0n) is 21.6. The van der Waals surface area contributed by atoms with Gasteiger partial charge in [0.15, 0.2) is 0 Å². The molecule has 0 aliphatic carbocycles. The van der Waals surface area contributed by atoms with E-state index in [1.807, 2.05) is 84.9 Å². The molecule has 0 aromatic heterocycles. The molecule has 0 heterocycles. The molecule has 39 heavy (non-hydrogen) atoms. The predicted octanol–water partition coefficient (Wildman–Crippen LogP) is 5.44. The number of aliphatic hydroxyl groups is 2.